The van der Waals surface area contributed by atoms with E-state index in [0.29, 0.717) is 17.4 Å². The number of rotatable bonds is 3. The average Bonchev–Trinajstić information content (AvgIpc) is 2.58. The first-order chi connectivity index (χ1) is 7.96. The molecule has 2 aliphatic carbocycles. The Morgan fingerprint density at radius 3 is 2.59 bits per heavy atom. The molecule has 0 amide bonds. The first-order valence-electron chi connectivity index (χ1n) is 7.38. The predicted molar refractivity (Wildman–Crippen MR) is 71.9 cm³/mol. The molecule has 2 nitrogen and oxygen atoms in total. The van der Waals surface area contributed by atoms with Crippen LogP contribution in [0.3, 0.4) is 0 Å². The maximum absolute atomic E-state index is 9.83. The second-order valence-corrected chi connectivity index (χ2v) is 7.28. The van der Waals surface area contributed by atoms with Crippen molar-refractivity contribution < 1.29 is 5.11 Å². The Labute approximate surface area is 106 Å². The predicted octanol–water partition coefficient (Wildman–Crippen LogP) is 2.95. The fourth-order valence-electron chi connectivity index (χ4n) is 4.07. The molecule has 0 aliphatic heterocycles. The van der Waals surface area contributed by atoms with Gasteiger partial charge in [-0.25, -0.2) is 0 Å². The van der Waals surface area contributed by atoms with E-state index in [2.05, 4.69) is 26.1 Å². The fourth-order valence-corrected chi connectivity index (χ4v) is 4.07. The zero-order chi connectivity index (χ0) is 12.5. The topological polar surface area (TPSA) is 32.3 Å². The Morgan fingerprint density at radius 1 is 1.24 bits per heavy atom. The molecule has 0 aromatic heterocycles. The van der Waals surface area contributed by atoms with Crippen LogP contribution in [-0.4, -0.2) is 23.8 Å². The highest BCUT2D eigenvalue weighted by atomic mass is 16.3. The molecule has 2 N–H and O–H groups in total. The third kappa shape index (κ3) is 3.69. The molecule has 2 aliphatic rings. The molecular formula is C15H29NO. The van der Waals surface area contributed by atoms with E-state index in [4.69, 9.17) is 0 Å². The molecule has 2 saturated carbocycles. The zero-order valence-corrected chi connectivity index (χ0v) is 11.7. The summed E-state index contributed by atoms with van der Waals surface area (Å²) in [6.07, 6.45) is 7.35. The molecule has 17 heavy (non-hydrogen) atoms. The van der Waals surface area contributed by atoms with Gasteiger partial charge in [0, 0.05) is 12.6 Å². The van der Waals surface area contributed by atoms with Crippen molar-refractivity contribution in [2.75, 3.05) is 6.54 Å². The summed E-state index contributed by atoms with van der Waals surface area (Å²) < 4.78 is 0. The molecular weight excluding hydrogens is 210 g/mol. The first-order valence-corrected chi connectivity index (χ1v) is 7.38. The van der Waals surface area contributed by atoms with Crippen molar-refractivity contribution >= 4 is 0 Å². The summed E-state index contributed by atoms with van der Waals surface area (Å²) >= 11 is 0. The van der Waals surface area contributed by atoms with Crippen LogP contribution in [0.1, 0.15) is 59.3 Å². The van der Waals surface area contributed by atoms with Crippen LogP contribution in [0.15, 0.2) is 0 Å². The Balaban J connectivity index is 1.78. The minimum absolute atomic E-state index is 0.0449. The monoisotopic (exact) mass is 239 g/mol. The highest BCUT2D eigenvalue weighted by Gasteiger charge is 2.33. The van der Waals surface area contributed by atoms with Crippen LogP contribution in [-0.2, 0) is 0 Å². The Bertz CT molecular complexity index is 251. The smallest absolute Gasteiger partial charge is 0.0580 e. The number of hydrogen-bond acceptors (Lipinski definition) is 2. The molecule has 0 radical (unpaired) electrons. The second kappa shape index (κ2) is 5.27. The van der Waals surface area contributed by atoms with Gasteiger partial charge in [0.1, 0.15) is 0 Å². The minimum Gasteiger partial charge on any atom is -0.393 e. The minimum atomic E-state index is -0.0449. The molecule has 0 spiro atoms. The Morgan fingerprint density at radius 2 is 2.00 bits per heavy atom. The van der Waals surface area contributed by atoms with Crippen LogP contribution >= 0.6 is 0 Å². The SMILES string of the molecule is CC1CC(NCC2CCCC2O)CC(C)(C)C1. The second-order valence-electron chi connectivity index (χ2n) is 7.28. The van der Waals surface area contributed by atoms with E-state index in [1.165, 1.54) is 32.1 Å². The van der Waals surface area contributed by atoms with Crippen molar-refractivity contribution in [3.05, 3.63) is 0 Å². The molecule has 0 aromatic rings. The van der Waals surface area contributed by atoms with E-state index in [9.17, 15) is 5.11 Å². The lowest BCUT2D eigenvalue weighted by Crippen LogP contribution is -2.42. The van der Waals surface area contributed by atoms with E-state index in [0.717, 1.165) is 18.9 Å². The normalized spacial score (nSPS) is 41.6. The van der Waals surface area contributed by atoms with Gasteiger partial charge < -0.3 is 10.4 Å². The number of aliphatic hydroxyl groups excluding tert-OH is 1. The lowest BCUT2D eigenvalue weighted by atomic mass is 9.70. The van der Waals surface area contributed by atoms with Crippen molar-refractivity contribution in [3.63, 3.8) is 0 Å². The van der Waals surface area contributed by atoms with E-state index in [-0.39, 0.29) is 6.10 Å². The van der Waals surface area contributed by atoms with Crippen molar-refractivity contribution in [3.8, 4) is 0 Å². The molecule has 4 atom stereocenters. The molecule has 0 heterocycles. The molecule has 0 bridgehead atoms. The van der Waals surface area contributed by atoms with Gasteiger partial charge in [-0.15, -0.1) is 0 Å². The van der Waals surface area contributed by atoms with E-state index in [1.54, 1.807) is 0 Å². The molecule has 100 valence electrons. The third-order valence-corrected chi connectivity index (χ3v) is 4.67. The summed E-state index contributed by atoms with van der Waals surface area (Å²) in [5, 5.41) is 13.6. The van der Waals surface area contributed by atoms with E-state index < -0.39 is 0 Å². The summed E-state index contributed by atoms with van der Waals surface area (Å²) in [6.45, 7) is 8.18. The highest BCUT2D eigenvalue weighted by molar-refractivity contribution is 4.88. The first kappa shape index (κ1) is 13.4. The number of nitrogens with one attached hydrogen (secondary N) is 1. The maximum Gasteiger partial charge on any atom is 0.0580 e. The van der Waals surface area contributed by atoms with Gasteiger partial charge in [-0.05, 0) is 49.4 Å². The Hall–Kier alpha value is -0.0800. The largest absolute Gasteiger partial charge is 0.393 e. The molecule has 0 saturated heterocycles. The van der Waals surface area contributed by atoms with Gasteiger partial charge in [-0.2, -0.15) is 0 Å². The number of aliphatic hydroxyl groups is 1. The molecule has 2 rings (SSSR count). The van der Waals surface area contributed by atoms with Gasteiger partial charge in [-0.3, -0.25) is 0 Å². The zero-order valence-electron chi connectivity index (χ0n) is 11.7. The summed E-state index contributed by atoms with van der Waals surface area (Å²) in [6, 6.07) is 0.668. The average molecular weight is 239 g/mol. The van der Waals surface area contributed by atoms with Crippen LogP contribution in [0.4, 0.5) is 0 Å². The lowest BCUT2D eigenvalue weighted by molar-refractivity contribution is 0.115. The van der Waals surface area contributed by atoms with E-state index in [1.807, 2.05) is 0 Å². The van der Waals surface area contributed by atoms with Crippen molar-refractivity contribution in [2.45, 2.75) is 71.4 Å². The van der Waals surface area contributed by atoms with Crippen LogP contribution in [0.5, 0.6) is 0 Å². The van der Waals surface area contributed by atoms with Gasteiger partial charge in [0.05, 0.1) is 6.10 Å². The Kier molecular flexibility index (Phi) is 4.14. The van der Waals surface area contributed by atoms with Crippen molar-refractivity contribution in [1.82, 2.24) is 5.32 Å². The fraction of sp³-hybridized carbons (Fsp3) is 1.00. The van der Waals surface area contributed by atoms with Crippen LogP contribution in [0.2, 0.25) is 0 Å². The lowest BCUT2D eigenvalue weighted by Gasteiger charge is -2.39. The van der Waals surface area contributed by atoms with Gasteiger partial charge in [0.15, 0.2) is 0 Å². The quantitative estimate of drug-likeness (QED) is 0.793. The maximum atomic E-state index is 9.83. The standard InChI is InChI=1S/C15H29NO/c1-11-7-13(9-15(2,3)8-11)16-10-12-5-4-6-14(12)17/h11-14,16-17H,4-10H2,1-3H3. The summed E-state index contributed by atoms with van der Waals surface area (Å²) in [7, 11) is 0. The van der Waals surface area contributed by atoms with Gasteiger partial charge in [0.25, 0.3) is 0 Å². The third-order valence-electron chi connectivity index (χ3n) is 4.67. The van der Waals surface area contributed by atoms with Crippen molar-refractivity contribution in [2.24, 2.45) is 17.3 Å². The van der Waals surface area contributed by atoms with E-state index >= 15 is 0 Å². The summed E-state index contributed by atoms with van der Waals surface area (Å²) in [4.78, 5) is 0. The number of hydrogen-bond donors (Lipinski definition) is 2. The molecule has 4 unspecified atom stereocenters. The van der Waals surface area contributed by atoms with Gasteiger partial charge in [0.2, 0.25) is 0 Å². The van der Waals surface area contributed by atoms with Crippen LogP contribution in [0.25, 0.3) is 0 Å². The van der Waals surface area contributed by atoms with Crippen molar-refractivity contribution in [1.29, 1.82) is 0 Å². The highest BCUT2D eigenvalue weighted by Crippen LogP contribution is 2.38. The molecule has 2 heteroatoms. The van der Waals surface area contributed by atoms with Crippen LogP contribution < -0.4 is 5.32 Å². The summed E-state index contributed by atoms with van der Waals surface area (Å²) in [5.41, 5.74) is 0.490. The molecule has 2 fully saturated rings. The molecule has 0 aromatic carbocycles. The van der Waals surface area contributed by atoms with Crippen LogP contribution in [0, 0.1) is 17.3 Å². The van der Waals surface area contributed by atoms with Gasteiger partial charge >= 0.3 is 0 Å². The summed E-state index contributed by atoms with van der Waals surface area (Å²) in [5.74, 6) is 1.35. The van der Waals surface area contributed by atoms with Gasteiger partial charge in [-0.1, -0.05) is 27.2 Å².